The number of aromatic nitrogens is 3. The molecule has 0 saturated carbocycles. The first-order valence-electron chi connectivity index (χ1n) is 6.34. The fourth-order valence-corrected chi connectivity index (χ4v) is 2.62. The van der Waals surface area contributed by atoms with E-state index < -0.39 is 0 Å². The summed E-state index contributed by atoms with van der Waals surface area (Å²) in [4.78, 5) is 7.90. The average molecular weight is 306 g/mol. The fraction of sp³-hybridized carbons (Fsp3) is 0.0667. The van der Waals surface area contributed by atoms with Crippen molar-refractivity contribution in [1.82, 2.24) is 14.6 Å². The Morgan fingerprint density at radius 3 is 2.91 bits per heavy atom. The lowest BCUT2D eigenvalue weighted by Gasteiger charge is -2.13. The van der Waals surface area contributed by atoms with Crippen LogP contribution in [-0.4, -0.2) is 20.9 Å². The minimum absolute atomic E-state index is 0.406. The third-order valence-corrected chi connectivity index (χ3v) is 3.77. The molecule has 0 aliphatic rings. The van der Waals surface area contributed by atoms with Crippen molar-refractivity contribution in [2.24, 2.45) is 0 Å². The molecular weight excluding hydrogens is 296 g/mol. The van der Waals surface area contributed by atoms with E-state index in [0.29, 0.717) is 33.4 Å². The van der Waals surface area contributed by atoms with Gasteiger partial charge < -0.3 is 5.32 Å². The van der Waals surface area contributed by atoms with E-state index in [0.717, 1.165) is 0 Å². The number of hydrogen-bond donors (Lipinski definition) is 1. The van der Waals surface area contributed by atoms with E-state index in [1.165, 1.54) is 11.8 Å². The first-order chi connectivity index (χ1) is 10.8. The number of nitrogens with one attached hydrogen (secondary N) is 1. The molecule has 0 spiro atoms. The first kappa shape index (κ1) is 13.9. The Kier molecular flexibility index (Phi) is 3.65. The molecule has 0 aliphatic heterocycles. The Morgan fingerprint density at radius 1 is 1.36 bits per heavy atom. The molecule has 0 amide bonds. The summed E-state index contributed by atoms with van der Waals surface area (Å²) in [6, 6.07) is 11.1. The Labute approximate surface area is 131 Å². The van der Waals surface area contributed by atoms with Gasteiger partial charge in [0.1, 0.15) is 16.7 Å². The smallest absolute Gasteiger partial charge is 0.209 e. The summed E-state index contributed by atoms with van der Waals surface area (Å²) in [7, 11) is 0. The SMILES string of the molecule is [C-]#[N+]c1ccccc1Nc1c(C#N)c(SC)nc2ccnn12. The third kappa shape index (κ3) is 2.24. The predicted octanol–water partition coefficient (Wildman–Crippen LogP) is 3.62. The molecule has 0 fully saturated rings. The average Bonchev–Trinajstić information content (AvgIpc) is 3.03. The van der Waals surface area contributed by atoms with Crippen molar-refractivity contribution in [1.29, 1.82) is 5.26 Å². The van der Waals surface area contributed by atoms with Crippen LogP contribution in [0.3, 0.4) is 0 Å². The van der Waals surface area contributed by atoms with Crippen molar-refractivity contribution < 1.29 is 0 Å². The monoisotopic (exact) mass is 306 g/mol. The zero-order chi connectivity index (χ0) is 15.5. The van der Waals surface area contributed by atoms with Crippen LogP contribution in [0.2, 0.25) is 0 Å². The fourth-order valence-electron chi connectivity index (χ4n) is 2.09. The number of thioether (sulfide) groups is 1. The summed E-state index contributed by atoms with van der Waals surface area (Å²) in [6.45, 7) is 7.24. The van der Waals surface area contributed by atoms with Crippen LogP contribution in [0, 0.1) is 17.9 Å². The van der Waals surface area contributed by atoms with Crippen molar-refractivity contribution in [3.63, 3.8) is 0 Å². The Hall–Kier alpha value is -3.03. The summed E-state index contributed by atoms with van der Waals surface area (Å²) in [6.07, 6.45) is 3.49. The van der Waals surface area contributed by atoms with Gasteiger partial charge in [-0.25, -0.2) is 9.83 Å². The summed E-state index contributed by atoms with van der Waals surface area (Å²) >= 11 is 1.40. The lowest BCUT2D eigenvalue weighted by molar-refractivity contribution is 0.917. The zero-order valence-electron chi connectivity index (χ0n) is 11.6. The summed E-state index contributed by atoms with van der Waals surface area (Å²) in [5, 5.41) is 17.5. The van der Waals surface area contributed by atoms with Gasteiger partial charge in [0.05, 0.1) is 12.8 Å². The molecule has 3 aromatic rings. The molecule has 0 radical (unpaired) electrons. The third-order valence-electron chi connectivity index (χ3n) is 3.08. The van der Waals surface area contributed by atoms with Gasteiger partial charge in [0.25, 0.3) is 0 Å². The quantitative estimate of drug-likeness (QED) is 0.454. The van der Waals surface area contributed by atoms with Crippen LogP contribution in [-0.2, 0) is 0 Å². The number of anilines is 2. The van der Waals surface area contributed by atoms with Crippen molar-refractivity contribution >= 4 is 34.6 Å². The minimum atomic E-state index is 0.406. The summed E-state index contributed by atoms with van der Waals surface area (Å²) in [5.41, 5.74) is 2.16. The molecule has 0 bridgehead atoms. The van der Waals surface area contributed by atoms with Crippen molar-refractivity contribution in [2.75, 3.05) is 11.6 Å². The molecule has 2 heterocycles. The van der Waals surface area contributed by atoms with E-state index in [2.05, 4.69) is 26.3 Å². The van der Waals surface area contributed by atoms with E-state index in [4.69, 9.17) is 6.57 Å². The van der Waals surface area contributed by atoms with Gasteiger partial charge in [0.2, 0.25) is 5.69 Å². The van der Waals surface area contributed by atoms with Gasteiger partial charge in [-0.05, 0) is 12.3 Å². The van der Waals surface area contributed by atoms with Crippen molar-refractivity contribution in [3.05, 3.63) is 53.5 Å². The maximum absolute atomic E-state index is 9.49. The molecule has 1 N–H and O–H groups in total. The second-order valence-electron chi connectivity index (χ2n) is 4.31. The van der Waals surface area contributed by atoms with Crippen LogP contribution < -0.4 is 5.32 Å². The Morgan fingerprint density at radius 2 is 2.18 bits per heavy atom. The normalized spacial score (nSPS) is 10.1. The molecular formula is C15H10N6S. The van der Waals surface area contributed by atoms with Crippen LogP contribution in [0.15, 0.2) is 41.6 Å². The van der Waals surface area contributed by atoms with E-state index in [1.807, 2.05) is 12.3 Å². The van der Waals surface area contributed by atoms with Crippen LogP contribution in [0.25, 0.3) is 10.5 Å². The number of nitrogens with zero attached hydrogens (tertiary/aromatic N) is 5. The number of benzene rings is 1. The zero-order valence-corrected chi connectivity index (χ0v) is 12.4. The lowest BCUT2D eigenvalue weighted by Crippen LogP contribution is -2.06. The molecule has 0 unspecified atom stereocenters. The molecule has 106 valence electrons. The highest BCUT2D eigenvalue weighted by molar-refractivity contribution is 7.98. The minimum Gasteiger partial charge on any atom is -0.348 e. The predicted molar refractivity (Wildman–Crippen MR) is 85.5 cm³/mol. The molecule has 3 rings (SSSR count). The highest BCUT2D eigenvalue weighted by atomic mass is 32.2. The topological polar surface area (TPSA) is 70.4 Å². The Balaban J connectivity index is 2.24. The van der Waals surface area contributed by atoms with E-state index >= 15 is 0 Å². The largest absolute Gasteiger partial charge is 0.348 e. The molecule has 6 nitrogen and oxygen atoms in total. The summed E-state index contributed by atoms with van der Waals surface area (Å²) in [5.74, 6) is 0.512. The summed E-state index contributed by atoms with van der Waals surface area (Å²) < 4.78 is 1.57. The van der Waals surface area contributed by atoms with Gasteiger partial charge in [0, 0.05) is 11.8 Å². The maximum atomic E-state index is 9.49. The number of nitriles is 1. The molecule has 1 aromatic carbocycles. The number of para-hydroxylation sites is 2. The highest BCUT2D eigenvalue weighted by Crippen LogP contribution is 2.32. The van der Waals surface area contributed by atoms with Crippen molar-refractivity contribution in [2.45, 2.75) is 5.03 Å². The number of rotatable bonds is 3. The standard InChI is InChI=1S/C15H10N6S/c1-17-11-5-3-4-6-12(11)19-14-10(9-16)15(22-2)20-13-7-8-18-21(13)14/h3-8,19H,2H3. The molecule has 7 heteroatoms. The molecule has 22 heavy (non-hydrogen) atoms. The van der Waals surface area contributed by atoms with Gasteiger partial charge in [-0.1, -0.05) is 18.2 Å². The van der Waals surface area contributed by atoms with Gasteiger partial charge >= 0.3 is 0 Å². The highest BCUT2D eigenvalue weighted by Gasteiger charge is 2.16. The number of hydrogen-bond acceptors (Lipinski definition) is 5. The van der Waals surface area contributed by atoms with E-state index in [9.17, 15) is 5.26 Å². The first-order valence-corrected chi connectivity index (χ1v) is 7.56. The maximum Gasteiger partial charge on any atom is 0.209 e. The lowest BCUT2D eigenvalue weighted by atomic mass is 10.2. The Bertz CT molecular complexity index is 931. The van der Waals surface area contributed by atoms with Gasteiger partial charge in [-0.3, -0.25) is 0 Å². The van der Waals surface area contributed by atoms with Crippen LogP contribution in [0.5, 0.6) is 0 Å². The van der Waals surface area contributed by atoms with Gasteiger partial charge in [-0.15, -0.1) is 11.8 Å². The van der Waals surface area contributed by atoms with Crippen molar-refractivity contribution in [3.8, 4) is 6.07 Å². The second-order valence-corrected chi connectivity index (χ2v) is 5.11. The van der Waals surface area contributed by atoms with Crippen LogP contribution in [0.1, 0.15) is 5.56 Å². The molecule has 0 aliphatic carbocycles. The van der Waals surface area contributed by atoms with E-state index in [-0.39, 0.29) is 0 Å². The molecule has 0 atom stereocenters. The van der Waals surface area contributed by atoms with Gasteiger partial charge in [-0.2, -0.15) is 14.9 Å². The second kappa shape index (κ2) is 5.76. The van der Waals surface area contributed by atoms with E-state index in [1.54, 1.807) is 35.0 Å². The number of fused-ring (bicyclic) bond motifs is 1. The van der Waals surface area contributed by atoms with Crippen LogP contribution in [0.4, 0.5) is 17.2 Å². The molecule has 0 saturated heterocycles. The van der Waals surface area contributed by atoms with Crippen LogP contribution >= 0.6 is 11.8 Å². The molecule has 2 aromatic heterocycles. The van der Waals surface area contributed by atoms with Gasteiger partial charge in [0.15, 0.2) is 11.5 Å².